The van der Waals surface area contributed by atoms with Crippen LogP contribution in [0.2, 0.25) is 0 Å². The molecule has 0 radical (unpaired) electrons. The molecular weight excluding hydrogens is 260 g/mol. The van der Waals surface area contributed by atoms with Gasteiger partial charge in [-0.25, -0.2) is 4.98 Å². The highest BCUT2D eigenvalue weighted by molar-refractivity contribution is 7.18. The predicted octanol–water partition coefficient (Wildman–Crippen LogP) is 3.68. The Labute approximate surface area is 114 Å². The third kappa shape index (κ3) is 2.67. The van der Waals surface area contributed by atoms with Gasteiger partial charge in [0.15, 0.2) is 0 Å². The topological polar surface area (TPSA) is 54.4 Å². The van der Waals surface area contributed by atoms with Crippen molar-refractivity contribution >= 4 is 27.2 Å². The molecule has 0 amide bonds. The van der Waals surface area contributed by atoms with Gasteiger partial charge in [-0.3, -0.25) is 10.7 Å². The standard InChI is InChI=1S/C14H12N2O2S/c17-16-10-4-3-5-11(8-10)18-9-14-15-12-6-1-2-7-13(12)19-14/h1-8,16-17H,9H2. The zero-order valence-corrected chi connectivity index (χ0v) is 10.9. The third-order valence-electron chi connectivity index (χ3n) is 2.66. The van der Waals surface area contributed by atoms with E-state index in [1.165, 1.54) is 0 Å². The molecule has 4 nitrogen and oxygen atoms in total. The van der Waals surface area contributed by atoms with Gasteiger partial charge in [-0.05, 0) is 24.3 Å². The molecule has 19 heavy (non-hydrogen) atoms. The molecule has 2 aromatic carbocycles. The van der Waals surface area contributed by atoms with Crippen molar-refractivity contribution in [1.82, 2.24) is 4.98 Å². The Morgan fingerprint density at radius 3 is 2.89 bits per heavy atom. The quantitative estimate of drug-likeness (QED) is 0.711. The van der Waals surface area contributed by atoms with Crippen molar-refractivity contribution in [1.29, 1.82) is 0 Å². The lowest BCUT2D eigenvalue weighted by Crippen LogP contribution is -1.95. The SMILES string of the molecule is ONc1cccc(OCc2nc3ccccc3s2)c1. The summed E-state index contributed by atoms with van der Waals surface area (Å²) in [5, 5.41) is 9.76. The molecule has 0 saturated carbocycles. The summed E-state index contributed by atoms with van der Waals surface area (Å²) in [4.78, 5) is 4.50. The summed E-state index contributed by atoms with van der Waals surface area (Å²) in [6.07, 6.45) is 0. The van der Waals surface area contributed by atoms with Gasteiger partial charge >= 0.3 is 0 Å². The monoisotopic (exact) mass is 272 g/mol. The lowest BCUT2D eigenvalue weighted by atomic mass is 10.3. The van der Waals surface area contributed by atoms with Crippen LogP contribution in [0, 0.1) is 0 Å². The second-order valence-electron chi connectivity index (χ2n) is 4.00. The van der Waals surface area contributed by atoms with Crippen LogP contribution in [0.5, 0.6) is 5.75 Å². The van der Waals surface area contributed by atoms with E-state index in [1.54, 1.807) is 23.5 Å². The summed E-state index contributed by atoms with van der Waals surface area (Å²) in [6.45, 7) is 0.425. The first-order valence-corrected chi connectivity index (χ1v) is 6.64. The molecule has 0 unspecified atom stereocenters. The van der Waals surface area contributed by atoms with Crippen molar-refractivity contribution < 1.29 is 9.94 Å². The van der Waals surface area contributed by atoms with E-state index >= 15 is 0 Å². The van der Waals surface area contributed by atoms with Crippen LogP contribution in [0.4, 0.5) is 5.69 Å². The van der Waals surface area contributed by atoms with Gasteiger partial charge in [0, 0.05) is 6.07 Å². The van der Waals surface area contributed by atoms with Crippen LogP contribution in [0.15, 0.2) is 48.5 Å². The van der Waals surface area contributed by atoms with Gasteiger partial charge in [0.25, 0.3) is 0 Å². The normalized spacial score (nSPS) is 10.6. The van der Waals surface area contributed by atoms with E-state index in [2.05, 4.69) is 10.5 Å². The number of rotatable bonds is 4. The number of para-hydroxylation sites is 1. The zero-order valence-electron chi connectivity index (χ0n) is 10.0. The van der Waals surface area contributed by atoms with Crippen molar-refractivity contribution in [3.05, 3.63) is 53.5 Å². The molecule has 0 bridgehead atoms. The van der Waals surface area contributed by atoms with E-state index in [-0.39, 0.29) is 0 Å². The van der Waals surface area contributed by atoms with Crippen LogP contribution in [-0.4, -0.2) is 10.2 Å². The lowest BCUT2D eigenvalue weighted by molar-refractivity contribution is 0.305. The van der Waals surface area contributed by atoms with Crippen LogP contribution in [0.1, 0.15) is 5.01 Å². The highest BCUT2D eigenvalue weighted by atomic mass is 32.1. The number of aromatic nitrogens is 1. The molecule has 0 aliphatic carbocycles. The number of nitrogens with zero attached hydrogens (tertiary/aromatic N) is 1. The third-order valence-corrected chi connectivity index (χ3v) is 3.67. The van der Waals surface area contributed by atoms with E-state index in [9.17, 15) is 0 Å². The summed E-state index contributed by atoms with van der Waals surface area (Å²) in [7, 11) is 0. The lowest BCUT2D eigenvalue weighted by Gasteiger charge is -2.05. The Hall–Kier alpha value is -2.11. The fourth-order valence-electron chi connectivity index (χ4n) is 1.78. The van der Waals surface area contributed by atoms with Gasteiger partial charge in [-0.1, -0.05) is 18.2 Å². The van der Waals surface area contributed by atoms with Gasteiger partial charge in [-0.2, -0.15) is 0 Å². The Balaban J connectivity index is 1.74. The number of ether oxygens (including phenoxy) is 1. The van der Waals surface area contributed by atoms with E-state index in [1.807, 2.05) is 36.4 Å². The van der Waals surface area contributed by atoms with Crippen molar-refractivity contribution in [2.24, 2.45) is 0 Å². The highest BCUT2D eigenvalue weighted by Gasteiger charge is 2.04. The minimum Gasteiger partial charge on any atom is -0.486 e. The van der Waals surface area contributed by atoms with Crippen LogP contribution < -0.4 is 10.2 Å². The summed E-state index contributed by atoms with van der Waals surface area (Å²) in [6, 6.07) is 15.2. The number of fused-ring (bicyclic) bond motifs is 1. The Bertz CT molecular complexity index is 663. The Morgan fingerprint density at radius 2 is 2.05 bits per heavy atom. The van der Waals surface area contributed by atoms with Crippen LogP contribution in [-0.2, 0) is 6.61 Å². The number of thiazole rings is 1. The molecule has 0 atom stereocenters. The second kappa shape index (κ2) is 5.26. The molecule has 1 aromatic heterocycles. The molecule has 0 saturated heterocycles. The maximum atomic E-state index is 8.83. The average Bonchev–Trinajstić information content (AvgIpc) is 2.88. The highest BCUT2D eigenvalue weighted by Crippen LogP contribution is 2.23. The summed E-state index contributed by atoms with van der Waals surface area (Å²) in [5.74, 6) is 0.693. The summed E-state index contributed by atoms with van der Waals surface area (Å²) in [5.41, 5.74) is 3.69. The molecule has 3 rings (SSSR count). The molecule has 0 aliphatic heterocycles. The van der Waals surface area contributed by atoms with Crippen molar-refractivity contribution in [2.45, 2.75) is 6.61 Å². The molecule has 0 fully saturated rings. The maximum Gasteiger partial charge on any atom is 0.140 e. The van der Waals surface area contributed by atoms with E-state index < -0.39 is 0 Å². The first-order valence-electron chi connectivity index (χ1n) is 5.82. The molecule has 2 N–H and O–H groups in total. The summed E-state index contributed by atoms with van der Waals surface area (Å²) >= 11 is 1.63. The molecular formula is C14H12N2O2S. The van der Waals surface area contributed by atoms with Gasteiger partial charge in [-0.15, -0.1) is 11.3 Å². The smallest absolute Gasteiger partial charge is 0.140 e. The molecule has 3 aromatic rings. The van der Waals surface area contributed by atoms with Crippen LogP contribution in [0.3, 0.4) is 0 Å². The fraction of sp³-hybridized carbons (Fsp3) is 0.0714. The van der Waals surface area contributed by atoms with Crippen molar-refractivity contribution in [2.75, 3.05) is 5.48 Å². The van der Waals surface area contributed by atoms with E-state index in [4.69, 9.17) is 9.94 Å². The van der Waals surface area contributed by atoms with Gasteiger partial charge < -0.3 is 4.74 Å². The van der Waals surface area contributed by atoms with E-state index in [0.29, 0.717) is 18.0 Å². The molecule has 0 spiro atoms. The summed E-state index contributed by atoms with van der Waals surface area (Å²) < 4.78 is 6.82. The molecule has 0 aliphatic rings. The Kier molecular flexibility index (Phi) is 3.31. The maximum absolute atomic E-state index is 8.83. The predicted molar refractivity (Wildman–Crippen MR) is 75.8 cm³/mol. The average molecular weight is 272 g/mol. The molecule has 1 heterocycles. The van der Waals surface area contributed by atoms with Crippen molar-refractivity contribution in [3.8, 4) is 5.75 Å². The largest absolute Gasteiger partial charge is 0.486 e. The molecule has 5 heteroatoms. The number of hydrogen-bond donors (Lipinski definition) is 2. The minimum absolute atomic E-state index is 0.425. The van der Waals surface area contributed by atoms with Gasteiger partial charge in [0.05, 0.1) is 15.9 Å². The first-order chi connectivity index (χ1) is 9.35. The first kappa shape index (κ1) is 12.0. The Morgan fingerprint density at radius 1 is 1.16 bits per heavy atom. The number of anilines is 1. The van der Waals surface area contributed by atoms with E-state index in [0.717, 1.165) is 15.2 Å². The van der Waals surface area contributed by atoms with Crippen molar-refractivity contribution in [3.63, 3.8) is 0 Å². The fourth-order valence-corrected chi connectivity index (χ4v) is 2.66. The number of benzene rings is 2. The minimum atomic E-state index is 0.425. The molecule has 96 valence electrons. The zero-order chi connectivity index (χ0) is 13.1. The number of hydrogen-bond acceptors (Lipinski definition) is 5. The number of nitrogens with one attached hydrogen (secondary N) is 1. The van der Waals surface area contributed by atoms with Gasteiger partial charge in [0.2, 0.25) is 0 Å². The van der Waals surface area contributed by atoms with Crippen LogP contribution >= 0.6 is 11.3 Å². The van der Waals surface area contributed by atoms with Gasteiger partial charge in [0.1, 0.15) is 17.4 Å². The second-order valence-corrected chi connectivity index (χ2v) is 5.12. The van der Waals surface area contributed by atoms with Crippen LogP contribution in [0.25, 0.3) is 10.2 Å².